The summed E-state index contributed by atoms with van der Waals surface area (Å²) in [5, 5.41) is 5.47. The first-order chi connectivity index (χ1) is 12.2. The third kappa shape index (κ3) is 3.54. The Morgan fingerprint density at radius 1 is 1.00 bits per heavy atom. The van der Waals surface area contributed by atoms with Crippen molar-refractivity contribution in [1.29, 1.82) is 0 Å². The first-order valence-electron chi connectivity index (χ1n) is 8.45. The highest BCUT2D eigenvalue weighted by atomic mass is 19.1. The molecule has 2 aromatic rings. The third-order valence-electron chi connectivity index (χ3n) is 5.28. The lowest BCUT2D eigenvalue weighted by Crippen LogP contribution is -2.41. The number of hydrogen-bond acceptors (Lipinski definition) is 1. The maximum atomic E-state index is 14.3. The zero-order chi connectivity index (χ0) is 18.9. The van der Waals surface area contributed by atoms with E-state index in [-0.39, 0.29) is 30.4 Å². The zero-order valence-corrected chi connectivity index (χ0v) is 14.7. The summed E-state index contributed by atoms with van der Waals surface area (Å²) in [7, 11) is 0. The Labute approximate surface area is 150 Å². The first kappa shape index (κ1) is 18.3. The normalized spacial score (nSPS) is 20.5. The van der Waals surface area contributed by atoms with Crippen LogP contribution in [0.5, 0.6) is 0 Å². The Morgan fingerprint density at radius 2 is 1.62 bits per heavy atom. The minimum Gasteiger partial charge on any atom is -0.337 e. The van der Waals surface area contributed by atoms with Gasteiger partial charge in [-0.15, -0.1) is 0 Å². The fraction of sp³-hybridized carbons (Fsp3) is 0.350. The van der Waals surface area contributed by atoms with Crippen LogP contribution in [0.2, 0.25) is 0 Å². The second-order valence-electron chi connectivity index (χ2n) is 7.43. The molecule has 6 heteroatoms. The fourth-order valence-corrected chi connectivity index (χ4v) is 3.52. The number of amides is 2. The molecule has 1 saturated carbocycles. The first-order valence-corrected chi connectivity index (χ1v) is 8.45. The van der Waals surface area contributed by atoms with Crippen LogP contribution in [0.1, 0.15) is 31.4 Å². The smallest absolute Gasteiger partial charge is 0.315 e. The molecule has 2 N–H and O–H groups in total. The summed E-state index contributed by atoms with van der Waals surface area (Å²) in [5.41, 5.74) is 0.434. The van der Waals surface area contributed by atoms with Gasteiger partial charge in [0.25, 0.3) is 0 Å². The maximum Gasteiger partial charge on any atom is 0.315 e. The van der Waals surface area contributed by atoms with Crippen LogP contribution in [0.4, 0.5) is 18.0 Å². The topological polar surface area (TPSA) is 41.1 Å². The van der Waals surface area contributed by atoms with E-state index in [1.165, 1.54) is 24.3 Å². The lowest BCUT2D eigenvalue weighted by atomic mass is 9.87. The summed E-state index contributed by atoms with van der Waals surface area (Å²) in [5.74, 6) is -1.55. The van der Waals surface area contributed by atoms with E-state index in [1.807, 2.05) is 13.8 Å². The van der Waals surface area contributed by atoms with E-state index in [0.717, 1.165) is 11.6 Å². The number of rotatable bonds is 5. The second-order valence-corrected chi connectivity index (χ2v) is 7.43. The highest BCUT2D eigenvalue weighted by Gasteiger charge is 2.62. The van der Waals surface area contributed by atoms with Crippen molar-refractivity contribution in [1.82, 2.24) is 10.6 Å². The number of hydrogen-bond donors (Lipinski definition) is 2. The SMILES string of the molecule is CC1(C)CC1(CNC(=O)NCc1ccc(F)cc1)c1ccc(F)cc1F. The van der Waals surface area contributed by atoms with Gasteiger partial charge in [-0.05, 0) is 41.2 Å². The molecule has 138 valence electrons. The van der Waals surface area contributed by atoms with Gasteiger partial charge in [0, 0.05) is 24.6 Å². The highest BCUT2D eigenvalue weighted by molar-refractivity contribution is 5.74. The van der Waals surface area contributed by atoms with E-state index in [0.29, 0.717) is 12.0 Å². The molecule has 3 nitrogen and oxygen atoms in total. The molecule has 0 bridgehead atoms. The van der Waals surface area contributed by atoms with Crippen LogP contribution in [0.25, 0.3) is 0 Å². The van der Waals surface area contributed by atoms with Crippen molar-refractivity contribution in [2.24, 2.45) is 5.41 Å². The summed E-state index contributed by atoms with van der Waals surface area (Å²) in [6.45, 7) is 4.49. The van der Waals surface area contributed by atoms with Crippen LogP contribution in [0.15, 0.2) is 42.5 Å². The van der Waals surface area contributed by atoms with Gasteiger partial charge in [0.05, 0.1) is 0 Å². The molecule has 0 heterocycles. The molecule has 3 rings (SSSR count). The molecule has 0 aliphatic heterocycles. The third-order valence-corrected chi connectivity index (χ3v) is 5.28. The van der Waals surface area contributed by atoms with Crippen molar-refractivity contribution in [3.05, 3.63) is 71.0 Å². The van der Waals surface area contributed by atoms with Crippen LogP contribution in [0, 0.1) is 22.9 Å². The fourth-order valence-electron chi connectivity index (χ4n) is 3.52. The van der Waals surface area contributed by atoms with Gasteiger partial charge in [-0.25, -0.2) is 18.0 Å². The van der Waals surface area contributed by atoms with Crippen molar-refractivity contribution in [3.8, 4) is 0 Å². The number of halogens is 3. The molecule has 0 aromatic heterocycles. The number of benzene rings is 2. The van der Waals surface area contributed by atoms with E-state index in [9.17, 15) is 18.0 Å². The van der Waals surface area contributed by atoms with Gasteiger partial charge in [-0.2, -0.15) is 0 Å². The molecular formula is C20H21F3N2O. The van der Waals surface area contributed by atoms with Gasteiger partial charge in [0.1, 0.15) is 17.5 Å². The van der Waals surface area contributed by atoms with Gasteiger partial charge in [-0.1, -0.05) is 32.0 Å². The molecule has 26 heavy (non-hydrogen) atoms. The molecule has 1 aliphatic rings. The largest absolute Gasteiger partial charge is 0.337 e. The Bertz CT molecular complexity index is 820. The molecule has 1 fully saturated rings. The van der Waals surface area contributed by atoms with Gasteiger partial charge in [0.2, 0.25) is 0 Å². The van der Waals surface area contributed by atoms with Crippen molar-refractivity contribution in [3.63, 3.8) is 0 Å². The molecule has 0 radical (unpaired) electrons. The number of carbonyl (C=O) groups excluding carboxylic acids is 1. The number of nitrogens with one attached hydrogen (secondary N) is 2. The van der Waals surface area contributed by atoms with Gasteiger partial charge < -0.3 is 10.6 Å². The van der Waals surface area contributed by atoms with Crippen LogP contribution < -0.4 is 10.6 Å². The minimum absolute atomic E-state index is 0.199. The van der Waals surface area contributed by atoms with Crippen molar-refractivity contribution >= 4 is 6.03 Å². The minimum atomic E-state index is -0.621. The summed E-state index contributed by atoms with van der Waals surface area (Å²) in [6.07, 6.45) is 0.695. The van der Waals surface area contributed by atoms with Crippen LogP contribution >= 0.6 is 0 Å². The van der Waals surface area contributed by atoms with E-state index >= 15 is 0 Å². The second kappa shape index (κ2) is 6.67. The summed E-state index contributed by atoms with van der Waals surface area (Å²) in [4.78, 5) is 12.1. The number of carbonyl (C=O) groups is 1. The molecule has 0 saturated heterocycles. The lowest BCUT2D eigenvalue weighted by molar-refractivity contribution is 0.238. The van der Waals surface area contributed by atoms with E-state index in [2.05, 4.69) is 10.6 Å². The Hall–Kier alpha value is -2.50. The highest BCUT2D eigenvalue weighted by Crippen LogP contribution is 2.64. The Kier molecular flexibility index (Phi) is 4.69. The standard InChI is InChI=1S/C20H21F3N2O/c1-19(2)11-20(19,16-8-7-15(22)9-17(16)23)12-25-18(26)24-10-13-3-5-14(21)6-4-13/h3-9H,10-12H2,1-2H3,(H2,24,25,26). The van der Waals surface area contributed by atoms with Gasteiger partial charge in [0.15, 0.2) is 0 Å². The molecule has 1 unspecified atom stereocenters. The summed E-state index contributed by atoms with van der Waals surface area (Å²) >= 11 is 0. The van der Waals surface area contributed by atoms with Crippen LogP contribution in [-0.2, 0) is 12.0 Å². The monoisotopic (exact) mass is 362 g/mol. The molecular weight excluding hydrogens is 341 g/mol. The summed E-state index contributed by atoms with van der Waals surface area (Å²) in [6, 6.07) is 9.02. The van der Waals surface area contributed by atoms with Gasteiger partial charge in [-0.3, -0.25) is 0 Å². The molecule has 1 aliphatic carbocycles. The maximum absolute atomic E-state index is 14.3. The van der Waals surface area contributed by atoms with Crippen molar-refractivity contribution in [2.75, 3.05) is 6.54 Å². The van der Waals surface area contributed by atoms with Crippen molar-refractivity contribution in [2.45, 2.75) is 32.2 Å². The Morgan fingerprint density at radius 3 is 2.19 bits per heavy atom. The average Bonchev–Trinajstić information content (AvgIpc) is 3.14. The number of urea groups is 1. The Balaban J connectivity index is 1.62. The van der Waals surface area contributed by atoms with Crippen molar-refractivity contribution < 1.29 is 18.0 Å². The zero-order valence-electron chi connectivity index (χ0n) is 14.7. The quantitative estimate of drug-likeness (QED) is 0.819. The molecule has 0 spiro atoms. The van der Waals surface area contributed by atoms with E-state index in [1.54, 1.807) is 12.1 Å². The average molecular weight is 362 g/mol. The summed E-state index contributed by atoms with van der Waals surface area (Å²) < 4.78 is 40.3. The van der Waals surface area contributed by atoms with Crippen LogP contribution in [0.3, 0.4) is 0 Å². The predicted molar refractivity (Wildman–Crippen MR) is 93.1 cm³/mol. The van der Waals surface area contributed by atoms with E-state index in [4.69, 9.17) is 0 Å². The predicted octanol–water partition coefficient (Wildman–Crippen LogP) is 4.27. The van der Waals surface area contributed by atoms with E-state index < -0.39 is 17.0 Å². The molecule has 1 atom stereocenters. The lowest BCUT2D eigenvalue weighted by Gasteiger charge is -2.22. The molecule has 2 aromatic carbocycles. The van der Waals surface area contributed by atoms with Crippen LogP contribution in [-0.4, -0.2) is 12.6 Å². The van der Waals surface area contributed by atoms with Gasteiger partial charge >= 0.3 is 6.03 Å². The molecule has 2 amide bonds.